The van der Waals surface area contributed by atoms with Crippen LogP contribution in [-0.2, 0) is 4.79 Å². The van der Waals surface area contributed by atoms with Gasteiger partial charge in [-0.05, 0) is 12.8 Å². The average Bonchev–Trinajstić information content (AvgIpc) is 2.43. The molecule has 1 N–H and O–H groups in total. The third kappa shape index (κ3) is 17.0. The number of hydrogen-bond acceptors (Lipinski definition) is 1. The molecule has 0 aliphatic rings. The van der Waals surface area contributed by atoms with Crippen LogP contribution in [0.5, 0.6) is 0 Å². The van der Waals surface area contributed by atoms with Crippen molar-refractivity contribution in [2.45, 2.75) is 104 Å². The Morgan fingerprint density at radius 3 is 1.38 bits per heavy atom. The Morgan fingerprint density at radius 2 is 1.05 bits per heavy atom. The normalized spacial score (nSPS) is 10.6. The number of hydrogen-bond donors (Lipinski definition) is 1. The van der Waals surface area contributed by atoms with E-state index in [1.165, 1.54) is 64.2 Å². The molecule has 0 bridgehead atoms. The predicted molar refractivity (Wildman–Crippen MR) is 87.1 cm³/mol. The summed E-state index contributed by atoms with van der Waals surface area (Å²) in [5.74, 6) is -0.667. The zero-order valence-electron chi connectivity index (χ0n) is 14.3. The summed E-state index contributed by atoms with van der Waals surface area (Å²) in [7, 11) is 0. The summed E-state index contributed by atoms with van der Waals surface area (Å²) < 4.78 is 0. The van der Waals surface area contributed by atoms with E-state index in [9.17, 15) is 9.90 Å². The first-order valence-corrected chi connectivity index (χ1v) is 8.95. The zero-order chi connectivity index (χ0) is 15.1. The van der Waals surface area contributed by atoms with E-state index in [-0.39, 0.29) is 46.8 Å². The Labute approximate surface area is 165 Å². The van der Waals surface area contributed by atoms with Crippen molar-refractivity contribution in [1.82, 2.24) is 0 Å². The molecule has 0 saturated carbocycles. The van der Waals surface area contributed by atoms with E-state index in [2.05, 4.69) is 13.8 Å². The van der Waals surface area contributed by atoms with Gasteiger partial charge in [-0.15, -0.1) is 0 Å². The van der Waals surface area contributed by atoms with E-state index in [0.717, 1.165) is 25.7 Å². The van der Waals surface area contributed by atoms with Crippen molar-refractivity contribution < 1.29 is 50.7 Å². The molecule has 0 aliphatic carbocycles. The zero-order valence-corrected chi connectivity index (χ0v) is 17.5. The van der Waals surface area contributed by atoms with Crippen molar-refractivity contribution in [3.8, 4) is 0 Å². The molecule has 21 heavy (non-hydrogen) atoms. The standard InChI is InChI=1S/C18H36O2.Nd/c1-3-5-7-9-11-13-15-17(18(19)20)16-14-12-10-8-6-4-2;/h17H,3-16H2,1-2H3,(H,19,20);. The summed E-state index contributed by atoms with van der Waals surface area (Å²) in [6, 6.07) is 0. The molecule has 0 amide bonds. The third-order valence-electron chi connectivity index (χ3n) is 4.16. The summed E-state index contributed by atoms with van der Waals surface area (Å²) in [4.78, 5) is 11.2. The Bertz CT molecular complexity index is 203. The van der Waals surface area contributed by atoms with Gasteiger partial charge in [0.05, 0.1) is 5.92 Å². The molecule has 0 atom stereocenters. The molecule has 0 radical (unpaired) electrons. The first-order valence-electron chi connectivity index (χ1n) is 8.95. The molecule has 0 unspecified atom stereocenters. The maximum absolute atomic E-state index is 11.2. The Hall–Kier alpha value is 0.821. The average molecular weight is 429 g/mol. The fraction of sp³-hybridized carbons (Fsp3) is 0.944. The van der Waals surface area contributed by atoms with Crippen LogP contribution in [0.2, 0.25) is 0 Å². The van der Waals surface area contributed by atoms with Gasteiger partial charge >= 0.3 is 5.97 Å². The largest absolute Gasteiger partial charge is 0.481 e. The van der Waals surface area contributed by atoms with Crippen LogP contribution in [0.25, 0.3) is 0 Å². The van der Waals surface area contributed by atoms with E-state index >= 15 is 0 Å². The van der Waals surface area contributed by atoms with Gasteiger partial charge in [-0.3, -0.25) is 4.79 Å². The molecule has 0 aromatic rings. The Kier molecular flexibility index (Phi) is 21.6. The molecule has 2 nitrogen and oxygen atoms in total. The summed E-state index contributed by atoms with van der Waals surface area (Å²) in [6.07, 6.45) is 16.7. The van der Waals surface area contributed by atoms with E-state index in [1.807, 2.05) is 0 Å². The molecule has 0 spiro atoms. The fourth-order valence-electron chi connectivity index (χ4n) is 2.73. The van der Waals surface area contributed by atoms with Crippen LogP contribution in [0.3, 0.4) is 0 Å². The number of carboxylic acid groups (broad SMARTS) is 1. The van der Waals surface area contributed by atoms with E-state index < -0.39 is 5.97 Å². The van der Waals surface area contributed by atoms with E-state index in [1.54, 1.807) is 0 Å². The maximum atomic E-state index is 11.2. The molecule has 0 saturated heterocycles. The molecule has 0 aromatic heterocycles. The predicted octanol–water partition coefficient (Wildman–Crippen LogP) is 6.19. The van der Waals surface area contributed by atoms with Crippen LogP contribution in [0, 0.1) is 46.8 Å². The molecule has 124 valence electrons. The maximum Gasteiger partial charge on any atom is 0.306 e. The van der Waals surface area contributed by atoms with Gasteiger partial charge in [-0.1, -0.05) is 90.9 Å². The number of carboxylic acids is 1. The molecule has 3 heteroatoms. The molecular weight excluding hydrogens is 392 g/mol. The summed E-state index contributed by atoms with van der Waals surface area (Å²) in [6.45, 7) is 4.45. The van der Waals surface area contributed by atoms with Gasteiger partial charge in [0.2, 0.25) is 0 Å². The van der Waals surface area contributed by atoms with Gasteiger partial charge in [-0.2, -0.15) is 0 Å². The second-order valence-corrected chi connectivity index (χ2v) is 6.15. The first kappa shape index (κ1) is 24.1. The number of aliphatic carboxylic acids is 1. The second-order valence-electron chi connectivity index (χ2n) is 6.15. The minimum Gasteiger partial charge on any atom is -0.481 e. The number of unbranched alkanes of at least 4 members (excludes halogenated alkanes) is 10. The van der Waals surface area contributed by atoms with Crippen LogP contribution in [0.4, 0.5) is 0 Å². The number of carbonyl (C=O) groups is 1. The number of rotatable bonds is 15. The Morgan fingerprint density at radius 1 is 0.714 bits per heavy atom. The third-order valence-corrected chi connectivity index (χ3v) is 4.16. The van der Waals surface area contributed by atoms with Crippen molar-refractivity contribution in [2.24, 2.45) is 5.92 Å². The van der Waals surface area contributed by atoms with Gasteiger partial charge in [-0.25, -0.2) is 0 Å². The van der Waals surface area contributed by atoms with Crippen molar-refractivity contribution in [2.75, 3.05) is 0 Å². The van der Waals surface area contributed by atoms with Crippen molar-refractivity contribution in [3.05, 3.63) is 0 Å². The fourth-order valence-corrected chi connectivity index (χ4v) is 2.73. The molecule has 0 heterocycles. The topological polar surface area (TPSA) is 37.3 Å². The van der Waals surface area contributed by atoms with E-state index in [0.29, 0.717) is 0 Å². The molecule has 0 fully saturated rings. The molecule has 0 aromatic carbocycles. The summed E-state index contributed by atoms with van der Waals surface area (Å²) in [5.41, 5.74) is 0. The molecule has 0 rings (SSSR count). The first-order chi connectivity index (χ1) is 9.72. The van der Waals surface area contributed by atoms with Crippen LogP contribution in [0.15, 0.2) is 0 Å². The SMILES string of the molecule is CCCCCCCCC(CCCCCCCC)C(=O)O.[Nd]. The molecule has 0 aliphatic heterocycles. The second kappa shape index (κ2) is 18.9. The van der Waals surface area contributed by atoms with Gasteiger partial charge < -0.3 is 5.11 Å². The summed E-state index contributed by atoms with van der Waals surface area (Å²) >= 11 is 0. The van der Waals surface area contributed by atoms with Gasteiger partial charge in [0.1, 0.15) is 0 Å². The van der Waals surface area contributed by atoms with Crippen molar-refractivity contribution in [1.29, 1.82) is 0 Å². The van der Waals surface area contributed by atoms with Crippen LogP contribution in [-0.4, -0.2) is 11.1 Å². The van der Waals surface area contributed by atoms with Gasteiger partial charge in [0, 0.05) is 40.8 Å². The van der Waals surface area contributed by atoms with E-state index in [4.69, 9.17) is 0 Å². The minimum atomic E-state index is -0.577. The minimum absolute atomic E-state index is 0. The van der Waals surface area contributed by atoms with Gasteiger partial charge in [0.15, 0.2) is 0 Å². The van der Waals surface area contributed by atoms with Crippen molar-refractivity contribution in [3.63, 3.8) is 0 Å². The smallest absolute Gasteiger partial charge is 0.306 e. The Balaban J connectivity index is 0. The monoisotopic (exact) mass is 426 g/mol. The molecular formula is C18H36NdO2. The van der Waals surface area contributed by atoms with Crippen LogP contribution >= 0.6 is 0 Å². The summed E-state index contributed by atoms with van der Waals surface area (Å²) in [5, 5.41) is 9.25. The van der Waals surface area contributed by atoms with Gasteiger partial charge in [0.25, 0.3) is 0 Å². The van der Waals surface area contributed by atoms with Crippen LogP contribution < -0.4 is 0 Å². The quantitative estimate of drug-likeness (QED) is 0.316. The van der Waals surface area contributed by atoms with Crippen molar-refractivity contribution >= 4 is 5.97 Å². The van der Waals surface area contributed by atoms with Crippen LogP contribution in [0.1, 0.15) is 104 Å².